The third-order valence-corrected chi connectivity index (χ3v) is 3.08. The van der Waals surface area contributed by atoms with E-state index in [9.17, 15) is 4.79 Å². The lowest BCUT2D eigenvalue weighted by atomic mass is 10.2. The van der Waals surface area contributed by atoms with Crippen molar-refractivity contribution in [3.63, 3.8) is 0 Å². The number of aromatic nitrogens is 2. The van der Waals surface area contributed by atoms with Gasteiger partial charge >= 0.3 is 5.97 Å². The summed E-state index contributed by atoms with van der Waals surface area (Å²) in [6.45, 7) is 0. The monoisotopic (exact) mass is 346 g/mol. The van der Waals surface area contributed by atoms with Gasteiger partial charge in [0, 0.05) is 21.8 Å². The summed E-state index contributed by atoms with van der Waals surface area (Å²) >= 11 is 14.8. The average molecular weight is 348 g/mol. The van der Waals surface area contributed by atoms with Crippen molar-refractivity contribution in [2.24, 2.45) is 0 Å². The minimum Gasteiger partial charge on any atom is -0.476 e. The maximum Gasteiger partial charge on any atom is 0.355 e. The van der Waals surface area contributed by atoms with Crippen molar-refractivity contribution in [3.05, 3.63) is 44.6 Å². The molecule has 0 atom stereocenters. The molecule has 0 fully saturated rings. The van der Waals surface area contributed by atoms with Crippen LogP contribution in [-0.4, -0.2) is 21.0 Å². The summed E-state index contributed by atoms with van der Waals surface area (Å²) < 4.78 is 0.312. The molecule has 0 amide bonds. The third-order valence-electron chi connectivity index (χ3n) is 2.07. The van der Waals surface area contributed by atoms with Crippen LogP contribution in [-0.2, 0) is 0 Å². The molecule has 0 aliphatic carbocycles. The van der Waals surface area contributed by atoms with Gasteiger partial charge in [0.1, 0.15) is 0 Å². The summed E-state index contributed by atoms with van der Waals surface area (Å²) in [6.07, 6.45) is 1.38. The lowest BCUT2D eigenvalue weighted by molar-refractivity contribution is 0.0689. The van der Waals surface area contributed by atoms with Gasteiger partial charge in [-0.1, -0.05) is 23.2 Å². The second kappa shape index (κ2) is 5.22. The number of nitrogens with zero attached hydrogens (tertiary/aromatic N) is 2. The first-order valence-electron chi connectivity index (χ1n) is 4.69. The van der Waals surface area contributed by atoms with E-state index in [0.29, 0.717) is 20.1 Å². The first kappa shape index (κ1) is 13.3. The minimum atomic E-state index is -1.14. The number of carboxylic acids is 1. The van der Waals surface area contributed by atoms with E-state index in [4.69, 9.17) is 28.3 Å². The fourth-order valence-electron chi connectivity index (χ4n) is 1.34. The Morgan fingerprint density at radius 3 is 2.39 bits per heavy atom. The van der Waals surface area contributed by atoms with Crippen molar-refractivity contribution < 1.29 is 9.90 Å². The lowest BCUT2D eigenvalue weighted by Crippen LogP contribution is -2.04. The quantitative estimate of drug-likeness (QED) is 0.894. The van der Waals surface area contributed by atoms with Crippen LogP contribution in [0.15, 0.2) is 28.9 Å². The Labute approximate surface area is 121 Å². The lowest BCUT2D eigenvalue weighted by Gasteiger charge is -2.04. The van der Waals surface area contributed by atoms with Crippen molar-refractivity contribution in [2.75, 3.05) is 0 Å². The molecule has 4 nitrogen and oxygen atoms in total. The average Bonchev–Trinajstić information content (AvgIpc) is 2.27. The number of rotatable bonds is 2. The van der Waals surface area contributed by atoms with Crippen molar-refractivity contribution in [2.45, 2.75) is 0 Å². The molecule has 7 heteroatoms. The zero-order chi connectivity index (χ0) is 13.3. The van der Waals surface area contributed by atoms with Gasteiger partial charge in [-0.05, 0) is 34.1 Å². The zero-order valence-electron chi connectivity index (χ0n) is 8.69. The molecule has 0 radical (unpaired) electrons. The van der Waals surface area contributed by atoms with Crippen molar-refractivity contribution in [1.29, 1.82) is 0 Å². The number of carbonyl (C=O) groups is 1. The Kier molecular flexibility index (Phi) is 3.85. The molecule has 18 heavy (non-hydrogen) atoms. The van der Waals surface area contributed by atoms with Gasteiger partial charge in [0.15, 0.2) is 11.5 Å². The molecule has 1 N–H and O–H groups in total. The molecule has 0 bridgehead atoms. The Morgan fingerprint density at radius 1 is 1.22 bits per heavy atom. The van der Waals surface area contributed by atoms with Crippen LogP contribution in [0.5, 0.6) is 0 Å². The van der Waals surface area contributed by atoms with E-state index in [2.05, 4.69) is 25.9 Å². The van der Waals surface area contributed by atoms with Crippen molar-refractivity contribution >= 4 is 45.1 Å². The van der Waals surface area contributed by atoms with Crippen LogP contribution < -0.4 is 0 Å². The SMILES string of the molecule is O=C(O)c1nc(-c2cc(Cl)cc(Cl)c2)ncc1Br. The molecule has 92 valence electrons. The largest absolute Gasteiger partial charge is 0.476 e. The van der Waals surface area contributed by atoms with Gasteiger partial charge in [0.05, 0.1) is 4.47 Å². The van der Waals surface area contributed by atoms with Gasteiger partial charge in [0.2, 0.25) is 0 Å². The van der Waals surface area contributed by atoms with E-state index in [1.165, 1.54) is 6.20 Å². The summed E-state index contributed by atoms with van der Waals surface area (Å²) in [4.78, 5) is 19.0. The summed E-state index contributed by atoms with van der Waals surface area (Å²) in [5, 5.41) is 9.84. The first-order chi connectivity index (χ1) is 8.47. The maximum atomic E-state index is 11.0. The predicted molar refractivity (Wildman–Crippen MR) is 72.1 cm³/mol. The maximum absolute atomic E-state index is 11.0. The van der Waals surface area contributed by atoms with Gasteiger partial charge in [-0.25, -0.2) is 14.8 Å². The molecule has 2 rings (SSSR count). The molecule has 0 unspecified atom stereocenters. The first-order valence-corrected chi connectivity index (χ1v) is 6.24. The molecule has 1 aromatic carbocycles. The number of hydrogen-bond acceptors (Lipinski definition) is 3. The molecule has 0 saturated carbocycles. The van der Waals surface area contributed by atoms with Crippen LogP contribution in [0.25, 0.3) is 11.4 Å². The summed E-state index contributed by atoms with van der Waals surface area (Å²) in [6, 6.07) is 4.80. The number of benzene rings is 1. The van der Waals surface area contributed by atoms with Gasteiger partial charge in [-0.2, -0.15) is 0 Å². The molecule has 0 aliphatic heterocycles. The van der Waals surface area contributed by atoms with Crippen LogP contribution >= 0.6 is 39.1 Å². The Balaban J connectivity index is 2.57. The molecule has 1 aromatic heterocycles. The minimum absolute atomic E-state index is 0.115. The van der Waals surface area contributed by atoms with Gasteiger partial charge in [0.25, 0.3) is 0 Å². The smallest absolute Gasteiger partial charge is 0.355 e. The fourth-order valence-corrected chi connectivity index (χ4v) is 2.23. The van der Waals surface area contributed by atoms with Crippen molar-refractivity contribution in [3.8, 4) is 11.4 Å². The molecule has 0 saturated heterocycles. The second-order valence-electron chi connectivity index (χ2n) is 3.35. The van der Waals surface area contributed by atoms with Gasteiger partial charge < -0.3 is 5.11 Å². The van der Waals surface area contributed by atoms with Crippen LogP contribution in [0.1, 0.15) is 10.5 Å². The van der Waals surface area contributed by atoms with Gasteiger partial charge in [-0.15, -0.1) is 0 Å². The topological polar surface area (TPSA) is 63.1 Å². The molecule has 1 heterocycles. The Hall–Kier alpha value is -1.17. The zero-order valence-corrected chi connectivity index (χ0v) is 11.8. The van der Waals surface area contributed by atoms with E-state index in [1.54, 1.807) is 18.2 Å². The standard InChI is InChI=1S/C11H5BrCl2N2O2/c12-8-4-15-10(16-9(8)11(17)18)5-1-6(13)3-7(14)2-5/h1-4H,(H,17,18). The van der Waals surface area contributed by atoms with Crippen LogP contribution in [0, 0.1) is 0 Å². The molecule has 0 aliphatic rings. The van der Waals surface area contributed by atoms with E-state index in [0.717, 1.165) is 0 Å². The highest BCUT2D eigenvalue weighted by molar-refractivity contribution is 9.10. The van der Waals surface area contributed by atoms with Crippen LogP contribution in [0.2, 0.25) is 10.0 Å². The summed E-state index contributed by atoms with van der Waals surface area (Å²) in [7, 11) is 0. The Bertz CT molecular complexity index is 614. The summed E-state index contributed by atoms with van der Waals surface area (Å²) in [5.74, 6) is -0.890. The van der Waals surface area contributed by atoms with E-state index in [1.807, 2.05) is 0 Å². The molecular weight excluding hydrogens is 343 g/mol. The number of aromatic carboxylic acids is 1. The number of hydrogen-bond donors (Lipinski definition) is 1. The summed E-state index contributed by atoms with van der Waals surface area (Å²) in [5.41, 5.74) is 0.443. The highest BCUT2D eigenvalue weighted by Crippen LogP contribution is 2.26. The van der Waals surface area contributed by atoms with E-state index >= 15 is 0 Å². The van der Waals surface area contributed by atoms with Crippen LogP contribution in [0.3, 0.4) is 0 Å². The van der Waals surface area contributed by atoms with Gasteiger partial charge in [-0.3, -0.25) is 0 Å². The Morgan fingerprint density at radius 2 is 1.83 bits per heavy atom. The third kappa shape index (κ3) is 2.80. The fraction of sp³-hybridized carbons (Fsp3) is 0. The predicted octanol–water partition coefficient (Wildman–Crippen LogP) is 3.91. The highest BCUT2D eigenvalue weighted by Gasteiger charge is 2.13. The molecular formula is C11H5BrCl2N2O2. The molecule has 2 aromatic rings. The molecule has 0 spiro atoms. The van der Waals surface area contributed by atoms with E-state index < -0.39 is 5.97 Å². The highest BCUT2D eigenvalue weighted by atomic mass is 79.9. The van der Waals surface area contributed by atoms with Crippen molar-refractivity contribution in [1.82, 2.24) is 9.97 Å². The van der Waals surface area contributed by atoms with Crippen LogP contribution in [0.4, 0.5) is 0 Å². The number of halogens is 3. The number of carboxylic acid groups (broad SMARTS) is 1. The normalized spacial score (nSPS) is 10.4. The van der Waals surface area contributed by atoms with E-state index in [-0.39, 0.29) is 11.5 Å². The second-order valence-corrected chi connectivity index (χ2v) is 5.08.